The minimum Gasteiger partial charge on any atom is -0.492 e. The van der Waals surface area contributed by atoms with E-state index < -0.39 is 17.6 Å². The van der Waals surface area contributed by atoms with E-state index in [2.05, 4.69) is 128 Å². The average molecular weight is 1500 g/mol. The number of aliphatic carboxylic acids is 1. The number of aryl methyl sites for hydroxylation is 3. The number of benzene rings is 9. The van der Waals surface area contributed by atoms with Crippen molar-refractivity contribution in [1.29, 1.82) is 0 Å². The van der Waals surface area contributed by atoms with Crippen LogP contribution < -0.4 is 9.47 Å². The minimum absolute atomic E-state index is 0.135. The number of halogens is 8. The molecule has 0 saturated carbocycles. The number of carbonyl (C=O) groups is 1. The first-order valence-corrected chi connectivity index (χ1v) is 37.9. The largest absolute Gasteiger partial charge is 0.492 e. The number of allylic oxidation sites excluding steroid dienone is 9. The highest BCUT2D eigenvalue weighted by Gasteiger charge is 2.30. The Morgan fingerprint density at radius 1 is 0.477 bits per heavy atom. The maximum atomic E-state index is 15.5. The topological polar surface area (TPSA) is 62.2 Å². The summed E-state index contributed by atoms with van der Waals surface area (Å²) in [4.78, 5) is 15.3. The lowest BCUT2D eigenvalue weighted by atomic mass is 9.86. The van der Waals surface area contributed by atoms with Crippen LogP contribution in [0.1, 0.15) is 129 Å². The summed E-state index contributed by atoms with van der Waals surface area (Å²) in [5.74, 6) is -0.860. The molecule has 6 nitrogen and oxygen atoms in total. The Hall–Kier alpha value is -9.33. The quantitative estimate of drug-likeness (QED) is 0.0370. The van der Waals surface area contributed by atoms with E-state index in [1.54, 1.807) is 6.07 Å². The second-order valence-electron chi connectivity index (χ2n) is 28.2. The molecular weight excluding hydrogens is 1410 g/mol. The van der Waals surface area contributed by atoms with E-state index in [1.165, 1.54) is 51.1 Å². The SMILES string of the molecule is CC/C(=C(\C1=Cc2ccc(F)cc2C1)c1ccc(OCCN2CC(CF)C2)cc1)c1ccc(C)cc1Cl.CC/C(=C(\C1=Cc2ccccc2C1)c1c(F)cc(/C=C/C(=O)O)cc1F)c1ccc(C)cc1Cl.CC/C(=C(\C1=Cc2ccccc2C1)c1ccc(OCCN2CC(CF)C2)cc1)c1ccc(C)cc1Cl. The van der Waals surface area contributed by atoms with Crippen LogP contribution in [0, 0.1) is 50.1 Å². The third kappa shape index (κ3) is 18.6. The van der Waals surface area contributed by atoms with E-state index in [9.17, 15) is 18.0 Å². The molecule has 14 heteroatoms. The number of hydrogen-bond acceptors (Lipinski definition) is 5. The van der Waals surface area contributed by atoms with E-state index in [-0.39, 0.29) is 42.1 Å². The Kier molecular flexibility index (Phi) is 25.7. The molecule has 9 aromatic carbocycles. The number of nitrogens with zero attached hydrogens (tertiary/aromatic N) is 2. The van der Waals surface area contributed by atoms with Crippen molar-refractivity contribution in [2.75, 3.05) is 65.8 Å². The first-order chi connectivity index (χ1) is 51.8. The Bertz CT molecular complexity index is 4980. The van der Waals surface area contributed by atoms with Crippen molar-refractivity contribution in [2.24, 2.45) is 11.8 Å². The molecule has 9 aromatic rings. The van der Waals surface area contributed by atoms with Gasteiger partial charge in [0.15, 0.2) is 0 Å². The summed E-state index contributed by atoms with van der Waals surface area (Å²) in [6.45, 7) is 18.0. The second-order valence-corrected chi connectivity index (χ2v) is 29.4. The molecule has 5 aliphatic rings. The van der Waals surface area contributed by atoms with Crippen LogP contribution >= 0.6 is 34.8 Å². The van der Waals surface area contributed by atoms with Crippen LogP contribution in [0.25, 0.3) is 57.7 Å². The van der Waals surface area contributed by atoms with Crippen molar-refractivity contribution < 1.29 is 41.3 Å². The van der Waals surface area contributed by atoms with Gasteiger partial charge in [0.25, 0.3) is 0 Å². The normalized spacial score (nSPS) is 15.4. The fourth-order valence-corrected chi connectivity index (χ4v) is 16.1. The number of likely N-dealkylation sites (tertiary alicyclic amines) is 2. The predicted molar refractivity (Wildman–Crippen MR) is 433 cm³/mol. The van der Waals surface area contributed by atoms with Gasteiger partial charge in [-0.1, -0.05) is 189 Å². The standard InChI is InChI=1S/C32H32ClF2NO.C32H33ClFNO.C29H23ClF2O2/c1-3-29(30-11-4-21(2)14-31(30)33)32(26-15-24-5-8-27(35)17-25(24)16-26)23-6-9-28(10-7-23)37-13-12-36-19-22(18-34)20-36;1-3-29(30-13-8-22(2)16-31(30)33)32(27-17-25-6-4-5-7-26(25)18-27)24-9-11-28(12-10-24)36-15-14-35-20-23(19-34)21-35;1-3-22(23-10-8-17(2)12-24(23)30)28(21-15-19-6-4-5-7-20(19)16-21)29-25(31)13-18(14-26(29)32)9-11-27(33)34/h4-11,14-15,17,22H,3,12-13,16,18-20H2,1-2H3;4-13,16-17,23H,3,14-15,18-21H2,1-2H3;4-15H,3,16H2,1-2H3,(H,33,34)/b2*32-29+;11-9+,28-22-. The fourth-order valence-electron chi connectivity index (χ4n) is 15.1. The summed E-state index contributed by atoms with van der Waals surface area (Å²) in [6, 6.07) is 58.6. The van der Waals surface area contributed by atoms with Crippen molar-refractivity contribution in [1.82, 2.24) is 9.80 Å². The van der Waals surface area contributed by atoms with Crippen LogP contribution in [-0.2, 0) is 24.1 Å². The minimum atomic E-state index is -1.19. The Labute approximate surface area is 641 Å². The molecule has 0 amide bonds. The molecule has 107 heavy (non-hydrogen) atoms. The average Bonchev–Trinajstić information content (AvgIpc) is 1.74. The van der Waals surface area contributed by atoms with Gasteiger partial charge >= 0.3 is 5.97 Å². The van der Waals surface area contributed by atoms with Gasteiger partial charge in [0.1, 0.15) is 42.2 Å². The van der Waals surface area contributed by atoms with Crippen LogP contribution in [0.15, 0.2) is 205 Å². The Morgan fingerprint density at radius 3 is 1.24 bits per heavy atom. The number of carboxylic acid groups (broad SMARTS) is 1. The first-order valence-electron chi connectivity index (χ1n) is 36.8. The summed E-state index contributed by atoms with van der Waals surface area (Å²) in [7, 11) is 0. The van der Waals surface area contributed by atoms with Gasteiger partial charge in [0, 0.05) is 72.2 Å². The lowest BCUT2D eigenvalue weighted by Gasteiger charge is -2.37. The molecule has 3 aliphatic carbocycles. The van der Waals surface area contributed by atoms with Crippen LogP contribution in [0.3, 0.4) is 0 Å². The second kappa shape index (κ2) is 35.6. The van der Waals surface area contributed by atoms with E-state index in [1.807, 2.05) is 99.6 Å². The lowest BCUT2D eigenvalue weighted by Crippen LogP contribution is -2.49. The zero-order chi connectivity index (χ0) is 75.4. The molecule has 550 valence electrons. The first kappa shape index (κ1) is 77.3. The van der Waals surface area contributed by atoms with Gasteiger partial charge in [-0.15, -0.1) is 0 Å². The Balaban J connectivity index is 0.000000150. The molecule has 0 aromatic heterocycles. The summed E-state index contributed by atoms with van der Waals surface area (Å²) in [5.41, 5.74) is 24.5. The number of ether oxygens (including phenoxy) is 2. The van der Waals surface area contributed by atoms with Gasteiger partial charge in [-0.3, -0.25) is 18.6 Å². The summed E-state index contributed by atoms with van der Waals surface area (Å²) in [6.07, 6.45) is 12.8. The number of rotatable bonds is 24. The smallest absolute Gasteiger partial charge is 0.328 e. The van der Waals surface area contributed by atoms with Crippen molar-refractivity contribution in [2.45, 2.75) is 80.1 Å². The van der Waals surface area contributed by atoms with Crippen LogP contribution in [0.5, 0.6) is 11.5 Å². The van der Waals surface area contributed by atoms with E-state index in [0.29, 0.717) is 43.1 Å². The summed E-state index contributed by atoms with van der Waals surface area (Å²) < 4.78 is 82.3. The number of fused-ring (bicyclic) bond motifs is 3. The third-order valence-corrected chi connectivity index (χ3v) is 21.4. The molecule has 0 unspecified atom stereocenters. The summed E-state index contributed by atoms with van der Waals surface area (Å²) in [5, 5.41) is 10.9. The van der Waals surface area contributed by atoms with Crippen molar-refractivity contribution in [3.8, 4) is 11.5 Å². The van der Waals surface area contributed by atoms with Crippen LogP contribution in [-0.4, -0.2) is 86.7 Å². The number of hydrogen-bond donors (Lipinski definition) is 1. The van der Waals surface area contributed by atoms with Crippen LogP contribution in [0.4, 0.5) is 22.0 Å². The van der Waals surface area contributed by atoms with Gasteiger partial charge in [-0.25, -0.2) is 18.0 Å². The van der Waals surface area contributed by atoms with Gasteiger partial charge in [0.2, 0.25) is 0 Å². The highest BCUT2D eigenvalue weighted by Crippen LogP contribution is 2.47. The van der Waals surface area contributed by atoms with Gasteiger partial charge in [-0.2, -0.15) is 0 Å². The van der Waals surface area contributed by atoms with Crippen LogP contribution in [0.2, 0.25) is 15.1 Å². The highest BCUT2D eigenvalue weighted by molar-refractivity contribution is 6.34. The molecule has 2 fully saturated rings. The molecule has 0 spiro atoms. The predicted octanol–water partition coefficient (Wildman–Crippen LogP) is 23.9. The maximum Gasteiger partial charge on any atom is 0.328 e. The molecular formula is C93H88Cl3F5N2O4. The molecule has 2 saturated heterocycles. The molecule has 2 aliphatic heterocycles. The Morgan fingerprint density at radius 2 is 0.860 bits per heavy atom. The van der Waals surface area contributed by atoms with Gasteiger partial charge in [-0.05, 0) is 266 Å². The lowest BCUT2D eigenvalue weighted by molar-refractivity contribution is -0.131. The number of carboxylic acids is 1. The third-order valence-electron chi connectivity index (χ3n) is 20.5. The fraction of sp³-hybridized carbons (Fsp3) is 0.258. The molecule has 0 atom stereocenters. The van der Waals surface area contributed by atoms with E-state index in [0.717, 1.165) is 182 Å². The monoisotopic (exact) mass is 1500 g/mol. The molecule has 1 N–H and O–H groups in total. The zero-order valence-corrected chi connectivity index (χ0v) is 63.5. The van der Waals surface area contributed by atoms with Crippen molar-refractivity contribution in [3.63, 3.8) is 0 Å². The molecule has 0 bridgehead atoms. The molecule has 2 heterocycles. The molecule has 14 rings (SSSR count). The van der Waals surface area contributed by atoms with Crippen molar-refractivity contribution in [3.05, 3.63) is 326 Å². The maximum absolute atomic E-state index is 15.5. The van der Waals surface area contributed by atoms with E-state index in [4.69, 9.17) is 49.4 Å². The van der Waals surface area contributed by atoms with Gasteiger partial charge in [0.05, 0.1) is 18.9 Å². The number of alkyl halides is 2. The summed E-state index contributed by atoms with van der Waals surface area (Å²) >= 11 is 20.1. The highest BCUT2D eigenvalue weighted by atomic mass is 35.5. The van der Waals surface area contributed by atoms with Crippen molar-refractivity contribution >= 4 is 98.5 Å². The zero-order valence-electron chi connectivity index (χ0n) is 61.3. The van der Waals surface area contributed by atoms with Gasteiger partial charge < -0.3 is 14.6 Å². The van der Waals surface area contributed by atoms with E-state index >= 15 is 8.78 Å². The molecule has 0 radical (unpaired) electrons.